The van der Waals surface area contributed by atoms with E-state index in [0.717, 1.165) is 6.42 Å². The smallest absolute Gasteiger partial charge is 0.0915 e. The summed E-state index contributed by atoms with van der Waals surface area (Å²) in [4.78, 5) is 0. The van der Waals surface area contributed by atoms with E-state index in [1.165, 1.54) is 36.0 Å². The first kappa shape index (κ1) is 8.73. The molecule has 2 aliphatic carbocycles. The topological polar surface area (TPSA) is 23.8 Å². The van der Waals surface area contributed by atoms with Crippen LogP contribution in [0.4, 0.5) is 0 Å². The van der Waals surface area contributed by atoms with Crippen LogP contribution in [0.3, 0.4) is 0 Å². The highest BCUT2D eigenvalue weighted by Crippen LogP contribution is 2.57. The van der Waals surface area contributed by atoms with Crippen molar-refractivity contribution in [3.63, 3.8) is 0 Å². The summed E-state index contributed by atoms with van der Waals surface area (Å²) >= 11 is 0. The molecule has 1 saturated carbocycles. The normalized spacial score (nSPS) is 23.5. The van der Waals surface area contributed by atoms with Gasteiger partial charge < -0.3 is 0 Å². The second kappa shape index (κ2) is 2.97. The summed E-state index contributed by atoms with van der Waals surface area (Å²) in [6.45, 7) is 0. The average molecular weight is 195 g/mol. The number of benzene rings is 1. The molecule has 15 heavy (non-hydrogen) atoms. The van der Waals surface area contributed by atoms with Crippen LogP contribution in [0.15, 0.2) is 30.3 Å². The molecule has 1 nitrogen and oxygen atoms in total. The quantitative estimate of drug-likeness (QED) is 0.582. The van der Waals surface area contributed by atoms with Crippen molar-refractivity contribution in [3.05, 3.63) is 41.5 Å². The molecule has 0 aromatic heterocycles. The second-order valence-electron chi connectivity index (χ2n) is 4.62. The van der Waals surface area contributed by atoms with Gasteiger partial charge >= 0.3 is 0 Å². The lowest BCUT2D eigenvalue weighted by atomic mass is 9.77. The predicted molar refractivity (Wildman–Crippen MR) is 60.2 cm³/mol. The van der Waals surface area contributed by atoms with E-state index < -0.39 is 0 Å². The third-order valence-corrected chi connectivity index (χ3v) is 3.81. The second-order valence-corrected chi connectivity index (χ2v) is 4.62. The average Bonchev–Trinajstić information content (AvgIpc) is 3.05. The summed E-state index contributed by atoms with van der Waals surface area (Å²) in [6.07, 6.45) is 6.70. The lowest BCUT2D eigenvalue weighted by molar-refractivity contribution is 0.613. The van der Waals surface area contributed by atoms with Gasteiger partial charge in [0.1, 0.15) is 0 Å². The molecule has 1 aromatic rings. The van der Waals surface area contributed by atoms with Gasteiger partial charge in [-0.3, -0.25) is 0 Å². The van der Waals surface area contributed by atoms with Gasteiger partial charge in [0.25, 0.3) is 0 Å². The van der Waals surface area contributed by atoms with Crippen LogP contribution in [-0.4, -0.2) is 0 Å². The number of hydrogen-bond donors (Lipinski definition) is 0. The van der Waals surface area contributed by atoms with Crippen molar-refractivity contribution in [3.8, 4) is 6.07 Å². The van der Waals surface area contributed by atoms with Crippen molar-refractivity contribution < 1.29 is 0 Å². The van der Waals surface area contributed by atoms with Gasteiger partial charge in [0.2, 0.25) is 0 Å². The van der Waals surface area contributed by atoms with Crippen LogP contribution in [0.1, 0.15) is 36.8 Å². The number of hydrogen-bond acceptors (Lipinski definition) is 1. The van der Waals surface area contributed by atoms with Gasteiger partial charge in [-0.25, -0.2) is 0 Å². The van der Waals surface area contributed by atoms with E-state index in [9.17, 15) is 0 Å². The highest BCUT2D eigenvalue weighted by Gasteiger charge is 2.47. The van der Waals surface area contributed by atoms with Crippen LogP contribution in [0.2, 0.25) is 0 Å². The van der Waals surface area contributed by atoms with Gasteiger partial charge in [-0.2, -0.15) is 5.26 Å². The van der Waals surface area contributed by atoms with Gasteiger partial charge in [0.15, 0.2) is 0 Å². The number of nitrogens with zero attached hydrogens (tertiary/aromatic N) is 1. The van der Waals surface area contributed by atoms with Crippen LogP contribution >= 0.6 is 0 Å². The molecule has 0 heterocycles. The van der Waals surface area contributed by atoms with Gasteiger partial charge in [-0.15, -0.1) is 0 Å². The zero-order chi connectivity index (χ0) is 10.3. The van der Waals surface area contributed by atoms with Gasteiger partial charge in [-0.1, -0.05) is 24.3 Å². The SMILES string of the molecule is N#C/C=C1\CCC2(CC2)c2ccccc21. The molecule has 0 atom stereocenters. The third kappa shape index (κ3) is 1.22. The minimum absolute atomic E-state index is 0.489. The van der Waals surface area contributed by atoms with Crippen molar-refractivity contribution in [2.75, 3.05) is 0 Å². The zero-order valence-corrected chi connectivity index (χ0v) is 8.66. The number of nitriles is 1. The third-order valence-electron chi connectivity index (χ3n) is 3.81. The van der Waals surface area contributed by atoms with E-state index in [2.05, 4.69) is 30.3 Å². The van der Waals surface area contributed by atoms with E-state index >= 15 is 0 Å². The molecule has 0 bridgehead atoms. The minimum atomic E-state index is 0.489. The van der Waals surface area contributed by atoms with Crippen molar-refractivity contribution in [1.82, 2.24) is 0 Å². The summed E-state index contributed by atoms with van der Waals surface area (Å²) < 4.78 is 0. The van der Waals surface area contributed by atoms with E-state index in [4.69, 9.17) is 5.26 Å². The van der Waals surface area contributed by atoms with E-state index in [-0.39, 0.29) is 0 Å². The molecule has 2 aliphatic rings. The molecular weight excluding hydrogens is 182 g/mol. The molecule has 1 aromatic carbocycles. The van der Waals surface area contributed by atoms with Crippen LogP contribution in [-0.2, 0) is 5.41 Å². The molecule has 1 spiro atoms. The summed E-state index contributed by atoms with van der Waals surface area (Å²) in [5.41, 5.74) is 4.52. The fourth-order valence-electron chi connectivity index (χ4n) is 2.77. The highest BCUT2D eigenvalue weighted by molar-refractivity contribution is 5.74. The van der Waals surface area contributed by atoms with Crippen molar-refractivity contribution >= 4 is 5.57 Å². The molecule has 3 rings (SSSR count). The van der Waals surface area contributed by atoms with Crippen LogP contribution in [0.25, 0.3) is 5.57 Å². The van der Waals surface area contributed by atoms with Crippen molar-refractivity contribution in [2.24, 2.45) is 0 Å². The Morgan fingerprint density at radius 3 is 2.73 bits per heavy atom. The van der Waals surface area contributed by atoms with Crippen molar-refractivity contribution in [2.45, 2.75) is 31.1 Å². The first-order chi connectivity index (χ1) is 7.36. The summed E-state index contributed by atoms with van der Waals surface area (Å²) in [7, 11) is 0. The molecule has 0 radical (unpaired) electrons. The van der Waals surface area contributed by atoms with Crippen LogP contribution in [0, 0.1) is 11.3 Å². The maximum Gasteiger partial charge on any atom is 0.0915 e. The molecular formula is C14H13N. The first-order valence-corrected chi connectivity index (χ1v) is 5.54. The standard InChI is InChI=1S/C14H13N/c15-10-6-11-5-7-14(8-9-14)13-4-2-1-3-12(11)13/h1-4,6H,5,7-9H2/b11-6+. The Kier molecular flexibility index (Phi) is 1.73. The van der Waals surface area contributed by atoms with E-state index in [0.29, 0.717) is 5.41 Å². The molecule has 0 amide bonds. The fourth-order valence-corrected chi connectivity index (χ4v) is 2.77. The molecule has 0 saturated heterocycles. The Labute approximate surface area is 90.0 Å². The molecule has 0 aliphatic heterocycles. The molecule has 1 heteroatoms. The number of allylic oxidation sites excluding steroid dienone is 2. The zero-order valence-electron chi connectivity index (χ0n) is 8.66. The predicted octanol–water partition coefficient (Wildman–Crippen LogP) is 3.42. The van der Waals surface area contributed by atoms with Gasteiger partial charge in [0, 0.05) is 6.08 Å². The molecule has 1 fully saturated rings. The highest BCUT2D eigenvalue weighted by atomic mass is 14.5. The fraction of sp³-hybridized carbons (Fsp3) is 0.357. The Morgan fingerprint density at radius 1 is 1.20 bits per heavy atom. The Bertz CT molecular complexity index is 472. The summed E-state index contributed by atoms with van der Waals surface area (Å²) in [6, 6.07) is 10.8. The van der Waals surface area contributed by atoms with Crippen LogP contribution < -0.4 is 0 Å². The lowest BCUT2D eigenvalue weighted by Gasteiger charge is -2.26. The Balaban J connectivity index is 2.17. The van der Waals surface area contributed by atoms with E-state index in [1.54, 1.807) is 6.08 Å². The molecule has 0 unspecified atom stereocenters. The minimum Gasteiger partial charge on any atom is -0.193 e. The van der Waals surface area contributed by atoms with Gasteiger partial charge in [0.05, 0.1) is 6.07 Å². The van der Waals surface area contributed by atoms with Crippen molar-refractivity contribution in [1.29, 1.82) is 5.26 Å². The monoisotopic (exact) mass is 195 g/mol. The molecule has 0 N–H and O–H groups in total. The Hall–Kier alpha value is -1.55. The Morgan fingerprint density at radius 2 is 2.00 bits per heavy atom. The summed E-state index contributed by atoms with van der Waals surface area (Å²) in [5.74, 6) is 0. The lowest BCUT2D eigenvalue weighted by Crippen LogP contribution is -2.14. The van der Waals surface area contributed by atoms with E-state index in [1.807, 2.05) is 0 Å². The number of fused-ring (bicyclic) bond motifs is 2. The first-order valence-electron chi connectivity index (χ1n) is 5.54. The van der Waals surface area contributed by atoms with Crippen LogP contribution in [0.5, 0.6) is 0 Å². The molecule has 74 valence electrons. The largest absolute Gasteiger partial charge is 0.193 e. The number of rotatable bonds is 0. The van der Waals surface area contributed by atoms with Gasteiger partial charge in [-0.05, 0) is 47.8 Å². The maximum absolute atomic E-state index is 8.76. The summed E-state index contributed by atoms with van der Waals surface area (Å²) in [5, 5.41) is 8.76. The maximum atomic E-state index is 8.76.